The zero-order valence-corrected chi connectivity index (χ0v) is 15.9. The first kappa shape index (κ1) is 18.6. The van der Waals surface area contributed by atoms with E-state index in [2.05, 4.69) is 10.3 Å². The van der Waals surface area contributed by atoms with E-state index in [-0.39, 0.29) is 41.0 Å². The number of allylic oxidation sites excluding steroid dienone is 4. The summed E-state index contributed by atoms with van der Waals surface area (Å²) in [7, 11) is 0. The van der Waals surface area contributed by atoms with E-state index in [1.807, 2.05) is 0 Å². The lowest BCUT2D eigenvalue weighted by Crippen LogP contribution is -2.20. The summed E-state index contributed by atoms with van der Waals surface area (Å²) in [5.74, 6) is -1.44. The van der Waals surface area contributed by atoms with Crippen LogP contribution in [0.2, 0.25) is 0 Å². The van der Waals surface area contributed by atoms with Crippen molar-refractivity contribution in [1.82, 2.24) is 15.0 Å². The molecule has 5 rings (SSSR count). The van der Waals surface area contributed by atoms with Crippen molar-refractivity contribution in [2.45, 2.75) is 6.61 Å². The maximum Gasteiger partial charge on any atom is 0.228 e. The Balaban J connectivity index is 1.35. The number of hydrogen-bond acceptors (Lipinski definition) is 7. The van der Waals surface area contributed by atoms with Crippen LogP contribution in [0, 0.1) is 0 Å². The molecule has 3 aromatic rings. The van der Waals surface area contributed by atoms with Gasteiger partial charge in [0.15, 0.2) is 17.3 Å². The van der Waals surface area contributed by atoms with E-state index in [4.69, 9.17) is 4.74 Å². The molecule has 0 N–H and O–H groups in total. The molecule has 0 radical (unpaired) electrons. The van der Waals surface area contributed by atoms with Crippen LogP contribution in [0.3, 0.4) is 0 Å². The van der Waals surface area contributed by atoms with Crippen molar-refractivity contribution in [2.75, 3.05) is 0 Å². The first-order chi connectivity index (χ1) is 15.0. The quantitative estimate of drug-likeness (QED) is 0.649. The standard InChI is InChI=1S/C23H13N3O5/c27-19-9-18(22(29)16-7-3-1-5-14(16)19)26-11-13(24-25-26)12-31-21-10-20(28)15-6-2-4-8-17(15)23(21)30/h1-11H,12H2. The van der Waals surface area contributed by atoms with Crippen LogP contribution in [0.1, 0.15) is 47.1 Å². The minimum absolute atomic E-state index is 0.0690. The lowest BCUT2D eigenvalue weighted by atomic mass is 9.93. The number of rotatable bonds is 4. The molecule has 0 atom stereocenters. The third kappa shape index (κ3) is 3.10. The normalized spacial score (nSPS) is 15.2. The van der Waals surface area contributed by atoms with E-state index in [0.717, 1.165) is 6.08 Å². The number of nitrogens with zero attached hydrogens (tertiary/aromatic N) is 3. The molecule has 0 unspecified atom stereocenters. The Labute approximate surface area is 175 Å². The second kappa shape index (κ2) is 7.10. The monoisotopic (exact) mass is 411 g/mol. The molecule has 0 spiro atoms. The predicted octanol–water partition coefficient (Wildman–Crippen LogP) is 2.68. The van der Waals surface area contributed by atoms with Gasteiger partial charge in [0, 0.05) is 34.4 Å². The average Bonchev–Trinajstić information content (AvgIpc) is 3.26. The van der Waals surface area contributed by atoms with Gasteiger partial charge in [0.25, 0.3) is 0 Å². The molecule has 8 heteroatoms. The lowest BCUT2D eigenvalue weighted by molar-refractivity contribution is 0.0867. The summed E-state index contributed by atoms with van der Waals surface area (Å²) in [5, 5.41) is 7.85. The Kier molecular flexibility index (Phi) is 4.25. The van der Waals surface area contributed by atoms with Gasteiger partial charge in [0.1, 0.15) is 18.0 Å². The van der Waals surface area contributed by atoms with E-state index in [9.17, 15) is 19.2 Å². The molecule has 0 saturated carbocycles. The number of hydrogen-bond donors (Lipinski definition) is 0. The molecule has 0 aliphatic heterocycles. The molecule has 0 saturated heterocycles. The number of carbonyl (C=O) groups is 4. The fraction of sp³-hybridized carbons (Fsp3) is 0.0435. The highest BCUT2D eigenvalue weighted by atomic mass is 16.5. The predicted molar refractivity (Wildman–Crippen MR) is 107 cm³/mol. The van der Waals surface area contributed by atoms with Crippen LogP contribution < -0.4 is 0 Å². The topological polar surface area (TPSA) is 108 Å². The van der Waals surface area contributed by atoms with Crippen LogP contribution in [0.25, 0.3) is 5.70 Å². The van der Waals surface area contributed by atoms with Gasteiger partial charge in [-0.2, -0.15) is 0 Å². The van der Waals surface area contributed by atoms with Gasteiger partial charge < -0.3 is 4.74 Å². The summed E-state index contributed by atoms with van der Waals surface area (Å²) in [5.41, 5.74) is 1.64. The summed E-state index contributed by atoms with van der Waals surface area (Å²) in [6.45, 7) is -0.140. The number of ketones is 4. The molecule has 150 valence electrons. The smallest absolute Gasteiger partial charge is 0.228 e. The minimum Gasteiger partial charge on any atom is -0.483 e. The fourth-order valence-corrected chi connectivity index (χ4v) is 3.50. The number of carbonyl (C=O) groups excluding carboxylic acids is 4. The van der Waals surface area contributed by atoms with E-state index in [1.165, 1.54) is 17.0 Å². The van der Waals surface area contributed by atoms with Crippen LogP contribution in [0.15, 0.2) is 72.6 Å². The third-order valence-electron chi connectivity index (χ3n) is 5.02. The second-order valence-electron chi connectivity index (χ2n) is 6.96. The van der Waals surface area contributed by atoms with Gasteiger partial charge in [-0.05, 0) is 0 Å². The van der Waals surface area contributed by atoms with Crippen molar-refractivity contribution >= 4 is 28.8 Å². The molecule has 31 heavy (non-hydrogen) atoms. The molecule has 2 aromatic carbocycles. The van der Waals surface area contributed by atoms with Crippen LogP contribution >= 0.6 is 0 Å². The average molecular weight is 411 g/mol. The molecule has 1 aromatic heterocycles. The SMILES string of the molecule is O=C1C=C(OCc2cn(C3=CC(=O)c4ccccc4C3=O)nn2)C(=O)c2ccccc21. The second-order valence-corrected chi connectivity index (χ2v) is 6.96. The van der Waals surface area contributed by atoms with Gasteiger partial charge >= 0.3 is 0 Å². The van der Waals surface area contributed by atoms with Crippen molar-refractivity contribution < 1.29 is 23.9 Å². The zero-order chi connectivity index (χ0) is 21.5. The van der Waals surface area contributed by atoms with Crippen LogP contribution in [0.5, 0.6) is 0 Å². The molecular formula is C23H13N3O5. The Morgan fingerprint density at radius 3 is 2.00 bits per heavy atom. The lowest BCUT2D eigenvalue weighted by Gasteiger charge is -2.15. The van der Waals surface area contributed by atoms with Crippen LogP contribution in [-0.2, 0) is 11.3 Å². The first-order valence-electron chi connectivity index (χ1n) is 9.37. The highest BCUT2D eigenvalue weighted by Crippen LogP contribution is 2.25. The van der Waals surface area contributed by atoms with Crippen LogP contribution in [-0.4, -0.2) is 38.1 Å². The van der Waals surface area contributed by atoms with Crippen molar-refractivity contribution in [3.63, 3.8) is 0 Å². The van der Waals surface area contributed by atoms with Crippen molar-refractivity contribution in [3.05, 3.63) is 101 Å². The summed E-state index contributed by atoms with van der Waals surface area (Å²) in [6.07, 6.45) is 3.80. The molecule has 8 nitrogen and oxygen atoms in total. The molecule has 0 bridgehead atoms. The van der Waals surface area contributed by atoms with Crippen LogP contribution in [0.4, 0.5) is 0 Å². The largest absolute Gasteiger partial charge is 0.483 e. The number of aromatic nitrogens is 3. The van der Waals surface area contributed by atoms with Gasteiger partial charge in [-0.3, -0.25) is 19.2 Å². The maximum atomic E-state index is 12.7. The van der Waals surface area contributed by atoms with Crippen molar-refractivity contribution in [2.24, 2.45) is 0 Å². The van der Waals surface area contributed by atoms with E-state index >= 15 is 0 Å². The number of Topliss-reactive ketones (excluding diaryl/α,β-unsaturated/α-hetero) is 2. The molecule has 2 aliphatic rings. The van der Waals surface area contributed by atoms with Gasteiger partial charge in [0.2, 0.25) is 11.6 Å². The Morgan fingerprint density at radius 2 is 1.32 bits per heavy atom. The Morgan fingerprint density at radius 1 is 0.742 bits per heavy atom. The van der Waals surface area contributed by atoms with E-state index < -0.39 is 5.78 Å². The first-order valence-corrected chi connectivity index (χ1v) is 9.37. The zero-order valence-electron chi connectivity index (χ0n) is 15.9. The minimum atomic E-state index is -0.394. The van der Waals surface area contributed by atoms with Gasteiger partial charge in [0.05, 0.1) is 6.20 Å². The maximum absolute atomic E-state index is 12.7. The molecule has 0 amide bonds. The van der Waals surface area contributed by atoms with Crippen molar-refractivity contribution in [3.8, 4) is 0 Å². The summed E-state index contributed by atoms with van der Waals surface area (Å²) in [6, 6.07) is 13.1. The van der Waals surface area contributed by atoms with Gasteiger partial charge in [-0.15, -0.1) is 5.10 Å². The van der Waals surface area contributed by atoms with Gasteiger partial charge in [-0.1, -0.05) is 53.7 Å². The van der Waals surface area contributed by atoms with Crippen molar-refractivity contribution in [1.29, 1.82) is 0 Å². The Hall–Kier alpha value is -4.46. The number of ether oxygens (including phenoxy) is 1. The molecule has 0 fully saturated rings. The summed E-state index contributed by atoms with van der Waals surface area (Å²) < 4.78 is 6.72. The molecule has 1 heterocycles. The van der Waals surface area contributed by atoms with Gasteiger partial charge in [-0.25, -0.2) is 4.68 Å². The van der Waals surface area contributed by atoms with E-state index in [0.29, 0.717) is 22.4 Å². The fourth-order valence-electron chi connectivity index (χ4n) is 3.50. The van der Waals surface area contributed by atoms with E-state index in [1.54, 1.807) is 48.5 Å². The Bertz CT molecular complexity index is 1360. The summed E-state index contributed by atoms with van der Waals surface area (Å²) in [4.78, 5) is 49.8. The highest BCUT2D eigenvalue weighted by Gasteiger charge is 2.28. The number of fused-ring (bicyclic) bond motifs is 2. The summed E-state index contributed by atoms with van der Waals surface area (Å²) >= 11 is 0. The molecular weight excluding hydrogens is 398 g/mol. The molecule has 2 aliphatic carbocycles. The number of benzene rings is 2. The third-order valence-corrected chi connectivity index (χ3v) is 5.02. The highest BCUT2D eigenvalue weighted by molar-refractivity contribution is 6.35.